The van der Waals surface area contributed by atoms with Crippen molar-refractivity contribution in [1.82, 2.24) is 10.2 Å². The Morgan fingerprint density at radius 3 is 2.89 bits per heavy atom. The molecule has 1 aromatic carbocycles. The van der Waals surface area contributed by atoms with E-state index in [0.717, 1.165) is 0 Å². The molecule has 18 heavy (non-hydrogen) atoms. The third-order valence-corrected chi connectivity index (χ3v) is 3.42. The van der Waals surface area contributed by atoms with Crippen LogP contribution in [0.25, 0.3) is 0 Å². The zero-order valence-corrected chi connectivity index (χ0v) is 10.1. The van der Waals surface area contributed by atoms with Crippen molar-refractivity contribution < 1.29 is 8.42 Å². The SMILES string of the molecule is N#Cc1cccc(CS(=O)(=O)Nc2ccn[nH]2)c1. The summed E-state index contributed by atoms with van der Waals surface area (Å²) in [5.41, 5.74) is 0.991. The van der Waals surface area contributed by atoms with Crippen LogP contribution in [0.2, 0.25) is 0 Å². The van der Waals surface area contributed by atoms with E-state index >= 15 is 0 Å². The number of aromatic nitrogens is 2. The Morgan fingerprint density at radius 1 is 1.39 bits per heavy atom. The molecule has 0 atom stereocenters. The van der Waals surface area contributed by atoms with Gasteiger partial charge >= 0.3 is 0 Å². The van der Waals surface area contributed by atoms with Crippen LogP contribution < -0.4 is 4.72 Å². The van der Waals surface area contributed by atoms with Crippen molar-refractivity contribution in [3.63, 3.8) is 0 Å². The number of aromatic amines is 1. The number of benzene rings is 1. The van der Waals surface area contributed by atoms with Gasteiger partial charge in [0.25, 0.3) is 0 Å². The van der Waals surface area contributed by atoms with Gasteiger partial charge in [0.2, 0.25) is 10.0 Å². The van der Waals surface area contributed by atoms with Crippen molar-refractivity contribution in [2.45, 2.75) is 5.75 Å². The van der Waals surface area contributed by atoms with Gasteiger partial charge in [-0.3, -0.25) is 9.82 Å². The zero-order valence-electron chi connectivity index (χ0n) is 9.29. The normalized spacial score (nSPS) is 10.8. The Morgan fingerprint density at radius 2 is 2.22 bits per heavy atom. The largest absolute Gasteiger partial charge is 0.267 e. The molecule has 92 valence electrons. The molecule has 6 nitrogen and oxygen atoms in total. The molecule has 0 aliphatic carbocycles. The maximum absolute atomic E-state index is 11.8. The molecule has 0 unspecified atom stereocenters. The Hall–Kier alpha value is -2.33. The lowest BCUT2D eigenvalue weighted by Crippen LogP contribution is -2.15. The van der Waals surface area contributed by atoms with Crippen LogP contribution in [0.15, 0.2) is 36.5 Å². The minimum absolute atomic E-state index is 0.193. The molecular formula is C11H10N4O2S. The number of H-pyrrole nitrogens is 1. The Labute approximate surface area is 104 Å². The number of sulfonamides is 1. The lowest BCUT2D eigenvalue weighted by atomic mass is 10.2. The van der Waals surface area contributed by atoms with Crippen LogP contribution in [0.4, 0.5) is 5.82 Å². The number of nitriles is 1. The number of nitrogens with zero attached hydrogens (tertiary/aromatic N) is 2. The quantitative estimate of drug-likeness (QED) is 0.865. The second-order valence-corrected chi connectivity index (χ2v) is 5.37. The number of nitrogens with one attached hydrogen (secondary N) is 2. The summed E-state index contributed by atoms with van der Waals surface area (Å²) in [6.07, 6.45) is 1.45. The molecule has 1 heterocycles. The molecule has 0 aliphatic heterocycles. The molecule has 1 aromatic heterocycles. The van der Waals surface area contributed by atoms with E-state index in [4.69, 9.17) is 5.26 Å². The highest BCUT2D eigenvalue weighted by Gasteiger charge is 2.12. The van der Waals surface area contributed by atoms with Crippen LogP contribution in [0.1, 0.15) is 11.1 Å². The topological polar surface area (TPSA) is 98.6 Å². The summed E-state index contributed by atoms with van der Waals surface area (Å²) < 4.78 is 26.0. The van der Waals surface area contributed by atoms with Gasteiger partial charge < -0.3 is 0 Å². The molecule has 0 saturated carbocycles. The first-order valence-electron chi connectivity index (χ1n) is 5.08. The highest BCUT2D eigenvalue weighted by molar-refractivity contribution is 7.91. The summed E-state index contributed by atoms with van der Waals surface area (Å²) in [6, 6.07) is 9.97. The molecular weight excluding hydrogens is 252 g/mol. The van der Waals surface area contributed by atoms with Gasteiger partial charge in [0.15, 0.2) is 0 Å². The second kappa shape index (κ2) is 4.89. The minimum Gasteiger partial charge on any atom is -0.267 e. The van der Waals surface area contributed by atoms with Gasteiger partial charge in [0.05, 0.1) is 23.6 Å². The highest BCUT2D eigenvalue weighted by Crippen LogP contribution is 2.11. The van der Waals surface area contributed by atoms with E-state index in [0.29, 0.717) is 16.9 Å². The van der Waals surface area contributed by atoms with Gasteiger partial charge in [-0.25, -0.2) is 8.42 Å². The molecule has 2 aromatic rings. The van der Waals surface area contributed by atoms with E-state index in [1.54, 1.807) is 24.3 Å². The smallest absolute Gasteiger partial charge is 0.238 e. The summed E-state index contributed by atoms with van der Waals surface area (Å²) in [5.74, 6) is 0.119. The average Bonchev–Trinajstić information content (AvgIpc) is 2.80. The molecule has 0 radical (unpaired) electrons. The van der Waals surface area contributed by atoms with Gasteiger partial charge in [-0.05, 0) is 17.7 Å². The zero-order chi connectivity index (χ0) is 13.0. The van der Waals surface area contributed by atoms with E-state index in [1.807, 2.05) is 6.07 Å². The predicted octanol–water partition coefficient (Wildman–Crippen LogP) is 1.22. The van der Waals surface area contributed by atoms with E-state index in [9.17, 15) is 8.42 Å². The molecule has 0 aliphatic rings. The van der Waals surface area contributed by atoms with Crippen molar-refractivity contribution in [3.05, 3.63) is 47.7 Å². The number of hydrogen-bond acceptors (Lipinski definition) is 4. The van der Waals surface area contributed by atoms with E-state index in [1.165, 1.54) is 12.3 Å². The van der Waals surface area contributed by atoms with Crippen LogP contribution in [0.5, 0.6) is 0 Å². The van der Waals surface area contributed by atoms with Gasteiger partial charge in [0, 0.05) is 6.07 Å². The van der Waals surface area contributed by atoms with Crippen LogP contribution in [-0.2, 0) is 15.8 Å². The molecule has 0 spiro atoms. The number of rotatable bonds is 4. The third kappa shape index (κ3) is 3.09. The summed E-state index contributed by atoms with van der Waals surface area (Å²) in [4.78, 5) is 0. The van der Waals surface area contributed by atoms with Crippen molar-refractivity contribution in [2.24, 2.45) is 0 Å². The fraction of sp³-hybridized carbons (Fsp3) is 0.0909. The fourth-order valence-corrected chi connectivity index (χ4v) is 2.61. The number of hydrogen-bond donors (Lipinski definition) is 2. The molecule has 0 amide bonds. The number of anilines is 1. The average molecular weight is 262 g/mol. The first kappa shape index (κ1) is 12.1. The summed E-state index contributed by atoms with van der Waals surface area (Å²) >= 11 is 0. The molecule has 0 saturated heterocycles. The van der Waals surface area contributed by atoms with Crippen molar-refractivity contribution in [1.29, 1.82) is 5.26 Å². The standard InChI is InChI=1S/C11H10N4O2S/c12-7-9-2-1-3-10(6-9)8-18(16,17)15-11-4-5-13-14-11/h1-6H,8H2,(H2,13,14,15). The van der Waals surface area contributed by atoms with Gasteiger partial charge in [-0.15, -0.1) is 0 Å². The Bertz CT molecular complexity index is 671. The highest BCUT2D eigenvalue weighted by atomic mass is 32.2. The van der Waals surface area contributed by atoms with Crippen LogP contribution >= 0.6 is 0 Å². The first-order chi connectivity index (χ1) is 8.59. The molecule has 0 fully saturated rings. The van der Waals surface area contributed by atoms with E-state index in [2.05, 4.69) is 14.9 Å². The maximum atomic E-state index is 11.8. The van der Waals surface area contributed by atoms with E-state index < -0.39 is 10.0 Å². The summed E-state index contributed by atoms with van der Waals surface area (Å²) in [5, 5.41) is 14.9. The lowest BCUT2D eigenvalue weighted by Gasteiger charge is -2.05. The summed E-state index contributed by atoms with van der Waals surface area (Å²) in [6.45, 7) is 0. The fourth-order valence-electron chi connectivity index (χ4n) is 1.47. The second-order valence-electron chi connectivity index (χ2n) is 3.64. The van der Waals surface area contributed by atoms with Crippen LogP contribution in [-0.4, -0.2) is 18.6 Å². The van der Waals surface area contributed by atoms with Gasteiger partial charge in [-0.2, -0.15) is 10.4 Å². The molecule has 2 rings (SSSR count). The first-order valence-corrected chi connectivity index (χ1v) is 6.73. The van der Waals surface area contributed by atoms with Gasteiger partial charge in [-0.1, -0.05) is 12.1 Å². The van der Waals surface area contributed by atoms with E-state index in [-0.39, 0.29) is 5.75 Å². The minimum atomic E-state index is -3.51. The summed E-state index contributed by atoms with van der Waals surface area (Å²) in [7, 11) is -3.51. The van der Waals surface area contributed by atoms with Crippen molar-refractivity contribution in [3.8, 4) is 6.07 Å². The monoisotopic (exact) mass is 262 g/mol. The van der Waals surface area contributed by atoms with Crippen molar-refractivity contribution >= 4 is 15.8 Å². The molecule has 0 bridgehead atoms. The molecule has 7 heteroatoms. The Kier molecular flexibility index (Phi) is 3.30. The third-order valence-electron chi connectivity index (χ3n) is 2.18. The Balaban J connectivity index is 2.15. The van der Waals surface area contributed by atoms with Crippen LogP contribution in [0.3, 0.4) is 0 Å². The van der Waals surface area contributed by atoms with Crippen LogP contribution in [0, 0.1) is 11.3 Å². The van der Waals surface area contributed by atoms with Gasteiger partial charge in [0.1, 0.15) is 5.82 Å². The predicted molar refractivity (Wildman–Crippen MR) is 66.0 cm³/mol. The lowest BCUT2D eigenvalue weighted by molar-refractivity contribution is 0.600. The maximum Gasteiger partial charge on any atom is 0.238 e. The molecule has 2 N–H and O–H groups in total. The van der Waals surface area contributed by atoms with Crippen molar-refractivity contribution in [2.75, 3.05) is 4.72 Å².